The predicted octanol–water partition coefficient (Wildman–Crippen LogP) is 25.4. The van der Waals surface area contributed by atoms with Crippen LogP contribution in [0.1, 0.15) is 65.5 Å². The van der Waals surface area contributed by atoms with Crippen molar-refractivity contribution in [3.05, 3.63) is 290 Å². The summed E-state index contributed by atoms with van der Waals surface area (Å²) in [6.07, 6.45) is 1.95. The summed E-state index contributed by atoms with van der Waals surface area (Å²) < 4.78 is 14.8. The Balaban J connectivity index is 0.989. The van der Waals surface area contributed by atoms with Crippen LogP contribution in [0.5, 0.6) is 0 Å². The summed E-state index contributed by atoms with van der Waals surface area (Å²) in [7, 11) is 0. The van der Waals surface area contributed by atoms with E-state index in [4.69, 9.17) is 8.83 Å². The Bertz CT molecular complexity index is 5050. The largest absolute Gasteiger partial charge is 0.454 e. The highest BCUT2D eigenvalue weighted by Crippen LogP contribution is 2.54. The Morgan fingerprint density at radius 3 is 0.978 bits per heavy atom. The number of para-hydroxylation sites is 4. The van der Waals surface area contributed by atoms with Crippen molar-refractivity contribution in [3.63, 3.8) is 0 Å². The maximum atomic E-state index is 7.41. The quantitative estimate of drug-likeness (QED) is 0.102. The Kier molecular flexibility index (Phi) is 13.1. The van der Waals surface area contributed by atoms with Crippen LogP contribution < -0.4 is 9.80 Å². The molecule has 0 amide bonds. The zero-order chi connectivity index (χ0) is 60.8. The van der Waals surface area contributed by atoms with Crippen molar-refractivity contribution < 1.29 is 8.83 Å². The van der Waals surface area contributed by atoms with Crippen LogP contribution in [0.25, 0.3) is 121 Å². The molecule has 4 nitrogen and oxygen atoms in total. The van der Waals surface area contributed by atoms with Crippen LogP contribution in [-0.4, -0.2) is 0 Å². The van der Waals surface area contributed by atoms with Crippen LogP contribution in [-0.2, 0) is 10.8 Å². The monoisotopic (exact) mass is 1160 g/mol. The molecule has 0 saturated carbocycles. The molecule has 14 aromatic carbocycles. The molecule has 0 saturated heterocycles. The van der Waals surface area contributed by atoms with Gasteiger partial charge >= 0.3 is 0 Å². The first-order chi connectivity index (χ1) is 44.1. The second-order valence-corrected chi connectivity index (χ2v) is 25.5. The third-order valence-electron chi connectivity index (χ3n) is 19.7. The van der Waals surface area contributed by atoms with E-state index in [1.165, 1.54) is 21.9 Å². The molecule has 0 radical (unpaired) electrons. The van der Waals surface area contributed by atoms with Crippen LogP contribution in [0.4, 0.5) is 34.1 Å². The molecule has 0 N–H and O–H groups in total. The first kappa shape index (κ1) is 54.7. The average Bonchev–Trinajstić information content (AvgIpc) is 0.987. The van der Waals surface area contributed by atoms with Gasteiger partial charge < -0.3 is 18.6 Å². The zero-order valence-electron chi connectivity index (χ0n) is 51.7. The molecule has 434 valence electrons. The van der Waals surface area contributed by atoms with E-state index in [1.807, 2.05) is 0 Å². The molecule has 0 aliphatic rings. The van der Waals surface area contributed by atoms with Gasteiger partial charge in [-0.15, -0.1) is 0 Å². The van der Waals surface area contributed by atoms with E-state index in [1.54, 1.807) is 0 Å². The van der Waals surface area contributed by atoms with Gasteiger partial charge in [0.15, 0.2) is 11.2 Å². The van der Waals surface area contributed by atoms with Crippen LogP contribution in [0.2, 0.25) is 0 Å². The molecule has 4 heteroatoms. The molecule has 16 rings (SSSR count). The van der Waals surface area contributed by atoms with Crippen molar-refractivity contribution in [2.75, 3.05) is 9.80 Å². The minimum Gasteiger partial charge on any atom is -0.454 e. The molecule has 0 aliphatic heterocycles. The van der Waals surface area contributed by atoms with E-state index < -0.39 is 0 Å². The minimum atomic E-state index is -0.107. The Morgan fingerprint density at radius 1 is 0.267 bits per heavy atom. The molecule has 2 heterocycles. The fourth-order valence-electron chi connectivity index (χ4n) is 14.1. The molecule has 0 unspecified atom stereocenters. The number of fused-ring (bicyclic) bond motifs is 6. The van der Waals surface area contributed by atoms with E-state index in [2.05, 4.69) is 330 Å². The van der Waals surface area contributed by atoms with E-state index >= 15 is 0 Å². The average molecular weight is 1160 g/mol. The molecule has 0 bridgehead atoms. The molecular formula is C86H68N2O2. The molecule has 0 fully saturated rings. The van der Waals surface area contributed by atoms with Gasteiger partial charge in [0.05, 0.1) is 34.1 Å². The molecular weight excluding hydrogens is 1090 g/mol. The fraction of sp³-hybridized carbons (Fsp3) is 0.116. The molecule has 0 atom stereocenters. The third-order valence-corrected chi connectivity index (χ3v) is 19.7. The van der Waals surface area contributed by atoms with Crippen LogP contribution in [0.3, 0.4) is 0 Å². The van der Waals surface area contributed by atoms with Gasteiger partial charge in [-0.2, -0.15) is 0 Å². The Labute approximate surface area is 525 Å². The second kappa shape index (κ2) is 21.6. The molecule has 0 aliphatic carbocycles. The van der Waals surface area contributed by atoms with Crippen LogP contribution in [0.15, 0.2) is 288 Å². The summed E-state index contributed by atoms with van der Waals surface area (Å²) in [5.41, 5.74) is 21.0. The maximum Gasteiger partial charge on any atom is 0.159 e. The number of anilines is 6. The van der Waals surface area contributed by atoms with Crippen LogP contribution in [0, 0.1) is 0 Å². The number of nitrogens with zero attached hydrogens (tertiary/aromatic N) is 2. The van der Waals surface area contributed by atoms with Crippen molar-refractivity contribution in [2.24, 2.45) is 0 Å². The highest BCUT2D eigenvalue weighted by atomic mass is 16.3. The van der Waals surface area contributed by atoms with Gasteiger partial charge in [0, 0.05) is 54.6 Å². The second-order valence-electron chi connectivity index (χ2n) is 25.5. The van der Waals surface area contributed by atoms with Crippen LogP contribution >= 0.6 is 0 Å². The van der Waals surface area contributed by atoms with Gasteiger partial charge in [0.25, 0.3) is 0 Å². The van der Waals surface area contributed by atoms with E-state index in [-0.39, 0.29) is 10.8 Å². The zero-order valence-corrected chi connectivity index (χ0v) is 51.7. The van der Waals surface area contributed by atoms with Gasteiger partial charge in [-0.3, -0.25) is 0 Å². The summed E-state index contributed by atoms with van der Waals surface area (Å²) >= 11 is 0. The lowest BCUT2D eigenvalue weighted by Crippen LogP contribution is -2.15. The summed E-state index contributed by atoms with van der Waals surface area (Å²) in [4.78, 5) is 4.98. The minimum absolute atomic E-state index is 0.107. The predicted molar refractivity (Wildman–Crippen MR) is 382 cm³/mol. The lowest BCUT2D eigenvalue weighted by Gasteiger charge is -2.31. The summed E-state index contributed by atoms with van der Waals surface area (Å²) in [5.74, 6) is 0. The lowest BCUT2D eigenvalue weighted by atomic mass is 9.81. The Morgan fingerprint density at radius 2 is 0.600 bits per heavy atom. The van der Waals surface area contributed by atoms with Gasteiger partial charge in [-0.05, 0) is 127 Å². The highest BCUT2D eigenvalue weighted by molar-refractivity contribution is 6.29. The summed E-state index contributed by atoms with van der Waals surface area (Å²) in [5, 5.41) is 11.4. The third kappa shape index (κ3) is 8.87. The van der Waals surface area contributed by atoms with Crippen molar-refractivity contribution in [3.8, 4) is 44.5 Å². The van der Waals surface area contributed by atoms with Gasteiger partial charge in [-0.25, -0.2) is 0 Å². The topological polar surface area (TPSA) is 32.8 Å². The van der Waals surface area contributed by atoms with E-state index in [0.717, 1.165) is 157 Å². The fourth-order valence-corrected chi connectivity index (χ4v) is 14.1. The van der Waals surface area contributed by atoms with Crippen molar-refractivity contribution in [1.29, 1.82) is 0 Å². The number of furan rings is 2. The number of benzene rings is 14. The van der Waals surface area contributed by atoms with Gasteiger partial charge in [-0.1, -0.05) is 272 Å². The molecule has 2 aromatic heterocycles. The summed E-state index contributed by atoms with van der Waals surface area (Å²) in [6.45, 7) is 13.8. The van der Waals surface area contributed by atoms with Crippen molar-refractivity contribution >= 4 is 110 Å². The summed E-state index contributed by atoms with van der Waals surface area (Å²) in [6, 6.07) is 103. The van der Waals surface area contributed by atoms with Crippen molar-refractivity contribution in [1.82, 2.24) is 0 Å². The normalized spacial score (nSPS) is 12.2. The number of hydrogen-bond donors (Lipinski definition) is 0. The van der Waals surface area contributed by atoms with Crippen molar-refractivity contribution in [2.45, 2.75) is 65.2 Å². The van der Waals surface area contributed by atoms with E-state index in [0.29, 0.717) is 0 Å². The first-order valence-corrected chi connectivity index (χ1v) is 31.8. The molecule has 16 aromatic rings. The molecule has 90 heavy (non-hydrogen) atoms. The first-order valence-electron chi connectivity index (χ1n) is 31.8. The number of hydrogen-bond acceptors (Lipinski definition) is 4. The number of rotatable bonds is 14. The van der Waals surface area contributed by atoms with Gasteiger partial charge in [0.2, 0.25) is 0 Å². The lowest BCUT2D eigenvalue weighted by molar-refractivity contribution is 0.500. The molecule has 0 spiro atoms. The standard InChI is InChI=1S/C86H68N2O2/c1-7-85(3,4)71-37-21-33-63-65-35-23-39-77(83(65)89-81(63)71)87(75-51-45-61(55-25-13-9-14-26-55)53-69(75)57-29-17-11-18-30-57)73-49-43-59-42-48-68-74(50-44-60-41-47-67(73)79(59)80(60)68)88(76-52-46-62(56-27-15-10-16-28-56)54-70(76)58-31-19-12-20-32-58)78-40-24-36-66-64-34-22-38-72(86(5,6)8-2)82(64)90-84(66)78/h9-54H,7-8H2,1-6H3. The smallest absolute Gasteiger partial charge is 0.159 e. The SMILES string of the molecule is CCC(C)(C)c1cccc2c1oc1c(N(c3ccc(-c4ccccc4)cc3-c3ccccc3)c3ccc4ccc5c(N(c6ccc(-c7ccccc7)cc6-c6ccccc6)c6cccc7c6oc6c(C(C)(C)CC)cccc67)ccc6ccc3c4c65)cccc12. The Hall–Kier alpha value is -10.7. The van der Waals surface area contributed by atoms with Gasteiger partial charge in [0.1, 0.15) is 11.2 Å². The maximum absolute atomic E-state index is 7.41. The highest BCUT2D eigenvalue weighted by Gasteiger charge is 2.31. The van der Waals surface area contributed by atoms with E-state index in [9.17, 15) is 0 Å².